The van der Waals surface area contributed by atoms with Crippen molar-refractivity contribution in [2.45, 2.75) is 17.7 Å². The molecule has 1 aliphatic rings. The first-order valence-electron chi connectivity index (χ1n) is 7.10. The van der Waals surface area contributed by atoms with E-state index in [1.807, 2.05) is 0 Å². The molecule has 124 valence electrons. The van der Waals surface area contributed by atoms with Crippen molar-refractivity contribution >= 4 is 10.0 Å². The minimum Gasteiger partial charge on any atom is -0.493 e. The van der Waals surface area contributed by atoms with Gasteiger partial charge in [0.15, 0.2) is 11.5 Å². The number of methoxy groups -OCH3 is 2. The highest BCUT2D eigenvalue weighted by molar-refractivity contribution is 7.89. The molecule has 1 aliphatic heterocycles. The summed E-state index contributed by atoms with van der Waals surface area (Å²) in [5.74, 6) is -0.335. The lowest BCUT2D eigenvalue weighted by Gasteiger charge is -2.23. The second kappa shape index (κ2) is 7.26. The second-order valence-corrected chi connectivity index (χ2v) is 6.94. The molecule has 0 amide bonds. The van der Waals surface area contributed by atoms with Crippen LogP contribution in [-0.2, 0) is 10.0 Å². The Bertz CT molecular complexity index is 616. The molecule has 0 saturated carbocycles. The zero-order valence-corrected chi connectivity index (χ0v) is 13.5. The molecule has 0 radical (unpaired) electrons. The van der Waals surface area contributed by atoms with Crippen LogP contribution >= 0.6 is 0 Å². The quantitative estimate of drug-likeness (QED) is 0.816. The van der Waals surface area contributed by atoms with E-state index >= 15 is 0 Å². The fourth-order valence-electron chi connectivity index (χ4n) is 2.44. The number of benzene rings is 1. The summed E-state index contributed by atoms with van der Waals surface area (Å²) in [7, 11) is -1.21. The smallest absolute Gasteiger partial charge is 0.243 e. The van der Waals surface area contributed by atoms with Gasteiger partial charge in [-0.2, -0.15) is 0 Å². The molecule has 0 aliphatic carbocycles. The predicted octanol–water partition coefficient (Wildman–Crippen LogP) is 1.12. The Labute approximate surface area is 130 Å². The Morgan fingerprint density at radius 1 is 1.32 bits per heavy atom. The third-order valence-corrected chi connectivity index (χ3v) is 5.13. The SMILES string of the molecule is COc1cc(F)c(S(=O)(=O)NCC2CCCNC2)cc1OC. The van der Waals surface area contributed by atoms with E-state index in [0.29, 0.717) is 0 Å². The summed E-state index contributed by atoms with van der Waals surface area (Å²) in [6.45, 7) is 1.99. The van der Waals surface area contributed by atoms with Crippen LogP contribution in [0.2, 0.25) is 0 Å². The zero-order valence-electron chi connectivity index (χ0n) is 12.7. The molecule has 1 heterocycles. The number of piperidine rings is 1. The molecule has 0 bridgehead atoms. The maximum Gasteiger partial charge on any atom is 0.243 e. The molecular weight excluding hydrogens is 311 g/mol. The molecule has 1 aromatic carbocycles. The van der Waals surface area contributed by atoms with Crippen LogP contribution in [0.15, 0.2) is 17.0 Å². The third kappa shape index (κ3) is 3.88. The van der Waals surface area contributed by atoms with Crippen molar-refractivity contribution in [2.75, 3.05) is 33.9 Å². The molecule has 0 aromatic heterocycles. The first-order chi connectivity index (χ1) is 10.5. The van der Waals surface area contributed by atoms with Gasteiger partial charge < -0.3 is 14.8 Å². The van der Waals surface area contributed by atoms with Gasteiger partial charge in [-0.3, -0.25) is 0 Å². The van der Waals surface area contributed by atoms with Gasteiger partial charge in [-0.1, -0.05) is 0 Å². The number of hydrogen-bond acceptors (Lipinski definition) is 5. The van der Waals surface area contributed by atoms with Crippen molar-refractivity contribution < 1.29 is 22.3 Å². The van der Waals surface area contributed by atoms with E-state index in [2.05, 4.69) is 10.0 Å². The summed E-state index contributed by atoms with van der Waals surface area (Å²) in [5.41, 5.74) is 0. The molecule has 6 nitrogen and oxygen atoms in total. The first kappa shape index (κ1) is 17.0. The number of hydrogen-bond donors (Lipinski definition) is 2. The summed E-state index contributed by atoms with van der Waals surface area (Å²) in [4.78, 5) is -0.436. The highest BCUT2D eigenvalue weighted by Gasteiger charge is 2.24. The van der Waals surface area contributed by atoms with Crippen molar-refractivity contribution in [1.29, 1.82) is 0 Å². The maximum absolute atomic E-state index is 14.0. The Balaban J connectivity index is 2.17. The minimum absolute atomic E-state index is 0.149. The van der Waals surface area contributed by atoms with Crippen LogP contribution < -0.4 is 19.5 Å². The molecule has 22 heavy (non-hydrogen) atoms. The van der Waals surface area contributed by atoms with Gasteiger partial charge >= 0.3 is 0 Å². The standard InChI is InChI=1S/C14H21FN2O4S/c1-20-12-6-11(15)14(7-13(12)21-2)22(18,19)17-9-10-4-3-5-16-8-10/h6-7,10,16-17H,3-5,8-9H2,1-2H3. The van der Waals surface area contributed by atoms with Crippen LogP contribution in [0.4, 0.5) is 4.39 Å². The lowest BCUT2D eigenvalue weighted by Crippen LogP contribution is -2.38. The van der Waals surface area contributed by atoms with Crippen molar-refractivity contribution in [2.24, 2.45) is 5.92 Å². The first-order valence-corrected chi connectivity index (χ1v) is 8.58. The van der Waals surface area contributed by atoms with Crippen LogP contribution in [0.1, 0.15) is 12.8 Å². The second-order valence-electron chi connectivity index (χ2n) is 5.20. The number of ether oxygens (including phenoxy) is 2. The van der Waals surface area contributed by atoms with Gasteiger partial charge in [-0.25, -0.2) is 17.5 Å². The van der Waals surface area contributed by atoms with Gasteiger partial charge in [-0.05, 0) is 31.8 Å². The van der Waals surface area contributed by atoms with E-state index in [0.717, 1.165) is 38.1 Å². The molecule has 1 unspecified atom stereocenters. The highest BCUT2D eigenvalue weighted by Crippen LogP contribution is 2.31. The average Bonchev–Trinajstić information content (AvgIpc) is 2.53. The number of rotatable bonds is 6. The molecule has 1 aromatic rings. The molecule has 0 spiro atoms. The monoisotopic (exact) mass is 332 g/mol. The van der Waals surface area contributed by atoms with Gasteiger partial charge in [0.25, 0.3) is 0 Å². The van der Waals surface area contributed by atoms with E-state index in [9.17, 15) is 12.8 Å². The predicted molar refractivity (Wildman–Crippen MR) is 80.3 cm³/mol. The third-order valence-electron chi connectivity index (χ3n) is 3.69. The summed E-state index contributed by atoms with van der Waals surface area (Å²) in [6.07, 6.45) is 1.96. The Morgan fingerprint density at radius 3 is 2.59 bits per heavy atom. The summed E-state index contributed by atoms with van der Waals surface area (Å²) in [5, 5.41) is 3.21. The molecule has 1 atom stereocenters. The van der Waals surface area contributed by atoms with Gasteiger partial charge in [0.2, 0.25) is 10.0 Å². The Morgan fingerprint density at radius 2 is 2.00 bits per heavy atom. The van der Waals surface area contributed by atoms with Crippen LogP contribution in [0.25, 0.3) is 0 Å². The van der Waals surface area contributed by atoms with Crippen LogP contribution in [-0.4, -0.2) is 42.3 Å². The van der Waals surface area contributed by atoms with Crippen LogP contribution in [0, 0.1) is 11.7 Å². The van der Waals surface area contributed by atoms with Gasteiger partial charge in [0.1, 0.15) is 10.7 Å². The number of nitrogens with one attached hydrogen (secondary N) is 2. The van der Waals surface area contributed by atoms with Gasteiger partial charge in [0.05, 0.1) is 14.2 Å². The fraction of sp³-hybridized carbons (Fsp3) is 0.571. The lowest BCUT2D eigenvalue weighted by atomic mass is 10.0. The molecule has 2 rings (SSSR count). The van der Waals surface area contributed by atoms with E-state index in [-0.39, 0.29) is 24.0 Å². The van der Waals surface area contributed by atoms with Crippen LogP contribution in [0.3, 0.4) is 0 Å². The summed E-state index contributed by atoms with van der Waals surface area (Å²) in [6, 6.07) is 2.14. The summed E-state index contributed by atoms with van der Waals surface area (Å²) < 4.78 is 51.1. The average molecular weight is 332 g/mol. The number of halogens is 1. The van der Waals surface area contributed by atoms with Crippen molar-refractivity contribution in [3.63, 3.8) is 0 Å². The van der Waals surface area contributed by atoms with Crippen LogP contribution in [0.5, 0.6) is 11.5 Å². The van der Waals surface area contributed by atoms with Gasteiger partial charge in [-0.15, -0.1) is 0 Å². The van der Waals surface area contributed by atoms with E-state index < -0.39 is 20.7 Å². The maximum atomic E-state index is 14.0. The molecule has 1 saturated heterocycles. The molecule has 2 N–H and O–H groups in total. The summed E-state index contributed by atoms with van der Waals surface area (Å²) >= 11 is 0. The van der Waals surface area contributed by atoms with E-state index in [4.69, 9.17) is 9.47 Å². The van der Waals surface area contributed by atoms with Crippen molar-refractivity contribution in [3.8, 4) is 11.5 Å². The van der Waals surface area contributed by atoms with Gasteiger partial charge in [0, 0.05) is 18.7 Å². The van der Waals surface area contributed by atoms with E-state index in [1.165, 1.54) is 14.2 Å². The molecule has 8 heteroatoms. The minimum atomic E-state index is -3.94. The van der Waals surface area contributed by atoms with Crippen molar-refractivity contribution in [1.82, 2.24) is 10.0 Å². The lowest BCUT2D eigenvalue weighted by molar-refractivity contribution is 0.350. The van der Waals surface area contributed by atoms with Crippen molar-refractivity contribution in [3.05, 3.63) is 17.9 Å². The Hall–Kier alpha value is -1.38. The zero-order chi connectivity index (χ0) is 16.2. The highest BCUT2D eigenvalue weighted by atomic mass is 32.2. The Kier molecular flexibility index (Phi) is 5.60. The fourth-order valence-corrected chi connectivity index (χ4v) is 3.63. The normalized spacial score (nSPS) is 19.0. The molecular formula is C14H21FN2O4S. The topological polar surface area (TPSA) is 76.7 Å². The van der Waals surface area contributed by atoms with E-state index in [1.54, 1.807) is 0 Å². The molecule has 1 fully saturated rings. The number of sulfonamides is 1. The largest absolute Gasteiger partial charge is 0.493 e.